The molecule has 3 aromatic carbocycles. The van der Waals surface area contributed by atoms with E-state index in [4.69, 9.17) is 4.84 Å². The number of rotatable bonds is 6. The maximum atomic E-state index is 15.1. The zero-order chi connectivity index (χ0) is 25.1. The lowest BCUT2D eigenvalue weighted by molar-refractivity contribution is -0.201. The molecule has 1 unspecified atom stereocenters. The van der Waals surface area contributed by atoms with Crippen molar-refractivity contribution in [1.29, 1.82) is 0 Å². The zero-order valence-electron chi connectivity index (χ0n) is 18.5. The highest BCUT2D eigenvalue weighted by atomic mass is 79.9. The van der Waals surface area contributed by atoms with Crippen LogP contribution in [0.1, 0.15) is 34.6 Å². The molecule has 0 bridgehead atoms. The van der Waals surface area contributed by atoms with Crippen molar-refractivity contribution < 1.29 is 28.0 Å². The van der Waals surface area contributed by atoms with E-state index >= 15 is 4.39 Å². The normalized spacial score (nSPS) is 15.4. The molecule has 1 N–H and O–H groups in total. The lowest BCUT2D eigenvalue weighted by Gasteiger charge is -2.29. The van der Waals surface area contributed by atoms with E-state index in [2.05, 4.69) is 21.2 Å². The molecule has 1 heterocycles. The van der Waals surface area contributed by atoms with E-state index in [1.807, 2.05) is 30.3 Å². The Bertz CT molecular complexity index is 1290. The Kier molecular flexibility index (Phi) is 7.23. The summed E-state index contributed by atoms with van der Waals surface area (Å²) in [5.74, 6) is -4.55. The summed E-state index contributed by atoms with van der Waals surface area (Å²) in [4.78, 5) is 44.6. The lowest BCUT2D eigenvalue weighted by Crippen LogP contribution is -2.36. The molecule has 1 fully saturated rings. The first-order chi connectivity index (χ1) is 16.8. The quantitative estimate of drug-likeness (QED) is 0.484. The fraction of sp³-hybridized carbons (Fsp3) is 0.160. The second-order valence-corrected chi connectivity index (χ2v) is 8.72. The highest BCUT2D eigenvalue weighted by Gasteiger charge is 2.44. The monoisotopic (exact) mass is 543 g/mol. The number of hydroxylamine groups is 2. The average molecular weight is 544 g/mol. The smallest absolute Gasteiger partial charge is 0.268 e. The van der Waals surface area contributed by atoms with E-state index in [1.54, 1.807) is 24.3 Å². The van der Waals surface area contributed by atoms with Crippen molar-refractivity contribution in [2.45, 2.75) is 19.7 Å². The molecule has 0 aromatic heterocycles. The third-order valence-electron chi connectivity index (χ3n) is 5.31. The summed E-state index contributed by atoms with van der Waals surface area (Å²) >= 11 is 3.37. The van der Waals surface area contributed by atoms with Crippen molar-refractivity contribution in [2.24, 2.45) is 0 Å². The van der Waals surface area contributed by atoms with E-state index in [9.17, 15) is 18.8 Å². The number of hydrogen-bond acceptors (Lipinski definition) is 4. The summed E-state index contributed by atoms with van der Waals surface area (Å²) in [6, 6.07) is 17.8. The van der Waals surface area contributed by atoms with Gasteiger partial charge in [0, 0.05) is 11.4 Å². The Morgan fingerprint density at radius 3 is 2.51 bits per heavy atom. The first kappa shape index (κ1) is 24.5. The number of halogens is 3. The summed E-state index contributed by atoms with van der Waals surface area (Å²) < 4.78 is 30.5. The van der Waals surface area contributed by atoms with Crippen LogP contribution in [-0.4, -0.2) is 34.2 Å². The van der Waals surface area contributed by atoms with Gasteiger partial charge in [-0.2, -0.15) is 5.06 Å². The van der Waals surface area contributed by atoms with Crippen LogP contribution in [0.4, 0.5) is 14.5 Å². The van der Waals surface area contributed by atoms with Gasteiger partial charge in [0.05, 0.1) is 5.69 Å². The summed E-state index contributed by atoms with van der Waals surface area (Å²) in [7, 11) is 0. The molecule has 7 nitrogen and oxygen atoms in total. The number of carbonyl (C=O) groups excluding carboxylic acids is 3. The first-order valence-electron chi connectivity index (χ1n) is 10.6. The average Bonchev–Trinajstić information content (AvgIpc) is 3.16. The summed E-state index contributed by atoms with van der Waals surface area (Å²) in [6.07, 6.45) is -1.08. The van der Waals surface area contributed by atoms with E-state index in [-0.39, 0.29) is 12.3 Å². The minimum absolute atomic E-state index is 0.0415. The number of nitrogens with one attached hydrogen (secondary N) is 1. The van der Waals surface area contributed by atoms with Gasteiger partial charge in [-0.25, -0.2) is 8.78 Å². The molecule has 10 heteroatoms. The number of benzene rings is 3. The largest absolute Gasteiger partial charge is 0.324 e. The molecular formula is C25H20BrF2N3O4. The number of anilines is 1. The standard InChI is InChI=1S/C25H20BrF2N3O4/c1-15(32)29-20-11-10-19(27)22(23(20)28)25(34)30-13-21(33)31(35-14-16-6-3-2-4-7-16)24(30)17-8-5-9-18(26)12-17/h2-12,24H,13-14H2,1H3,(H,29,32). The molecule has 0 radical (unpaired) electrons. The van der Waals surface area contributed by atoms with Gasteiger partial charge >= 0.3 is 0 Å². The summed E-state index contributed by atoms with van der Waals surface area (Å²) in [5, 5.41) is 3.27. The molecule has 0 saturated carbocycles. The van der Waals surface area contributed by atoms with Crippen LogP contribution in [0.25, 0.3) is 0 Å². The fourth-order valence-corrected chi connectivity index (χ4v) is 4.19. The molecule has 35 heavy (non-hydrogen) atoms. The Balaban J connectivity index is 1.72. The number of carbonyl (C=O) groups is 3. The maximum Gasteiger partial charge on any atom is 0.268 e. The van der Waals surface area contributed by atoms with Crippen LogP contribution in [0.3, 0.4) is 0 Å². The van der Waals surface area contributed by atoms with Crippen LogP contribution in [0.5, 0.6) is 0 Å². The van der Waals surface area contributed by atoms with E-state index in [1.165, 1.54) is 0 Å². The molecule has 1 saturated heterocycles. The van der Waals surface area contributed by atoms with Crippen molar-refractivity contribution >= 4 is 39.3 Å². The Morgan fingerprint density at radius 1 is 1.09 bits per heavy atom. The Labute approximate surface area is 208 Å². The van der Waals surface area contributed by atoms with Crippen LogP contribution >= 0.6 is 15.9 Å². The van der Waals surface area contributed by atoms with E-state index in [0.29, 0.717) is 10.0 Å². The van der Waals surface area contributed by atoms with Crippen molar-refractivity contribution in [3.8, 4) is 0 Å². The van der Waals surface area contributed by atoms with Crippen molar-refractivity contribution in [2.75, 3.05) is 11.9 Å². The summed E-state index contributed by atoms with van der Waals surface area (Å²) in [6.45, 7) is 0.739. The van der Waals surface area contributed by atoms with Crippen molar-refractivity contribution in [3.05, 3.63) is 99.5 Å². The highest BCUT2D eigenvalue weighted by molar-refractivity contribution is 9.10. The highest BCUT2D eigenvalue weighted by Crippen LogP contribution is 2.35. The van der Waals surface area contributed by atoms with Crippen LogP contribution in [-0.2, 0) is 21.0 Å². The second-order valence-electron chi connectivity index (χ2n) is 7.81. The third-order valence-corrected chi connectivity index (χ3v) is 5.80. The minimum atomic E-state index is -1.23. The molecule has 3 aromatic rings. The minimum Gasteiger partial charge on any atom is -0.324 e. The Morgan fingerprint density at radius 2 is 1.83 bits per heavy atom. The van der Waals surface area contributed by atoms with Crippen molar-refractivity contribution in [3.63, 3.8) is 0 Å². The third kappa shape index (κ3) is 5.23. The predicted octanol–water partition coefficient (Wildman–Crippen LogP) is 4.80. The van der Waals surface area contributed by atoms with Crippen LogP contribution in [0, 0.1) is 11.6 Å². The van der Waals surface area contributed by atoms with Gasteiger partial charge in [-0.3, -0.25) is 19.2 Å². The van der Waals surface area contributed by atoms with Gasteiger partial charge in [0.25, 0.3) is 11.8 Å². The molecule has 1 atom stereocenters. The molecule has 3 amide bonds. The zero-order valence-corrected chi connectivity index (χ0v) is 20.1. The number of nitrogens with zero attached hydrogens (tertiary/aromatic N) is 2. The van der Waals surface area contributed by atoms with Gasteiger partial charge in [0.1, 0.15) is 24.5 Å². The fourth-order valence-electron chi connectivity index (χ4n) is 3.77. The van der Waals surface area contributed by atoms with Gasteiger partial charge in [-0.15, -0.1) is 0 Å². The van der Waals surface area contributed by atoms with Gasteiger partial charge in [0.2, 0.25) is 5.91 Å². The van der Waals surface area contributed by atoms with Crippen LogP contribution in [0.15, 0.2) is 71.2 Å². The van der Waals surface area contributed by atoms with E-state index in [0.717, 1.165) is 34.6 Å². The first-order valence-corrected chi connectivity index (χ1v) is 11.4. The second kappa shape index (κ2) is 10.3. The lowest BCUT2D eigenvalue weighted by atomic mass is 10.1. The Hall–Kier alpha value is -3.63. The van der Waals surface area contributed by atoms with Gasteiger partial charge in [0.15, 0.2) is 12.0 Å². The summed E-state index contributed by atoms with van der Waals surface area (Å²) in [5.41, 5.74) is 0.0570. The van der Waals surface area contributed by atoms with Crippen LogP contribution < -0.4 is 5.32 Å². The molecule has 1 aliphatic heterocycles. The maximum absolute atomic E-state index is 15.1. The number of hydrogen-bond donors (Lipinski definition) is 1. The molecular weight excluding hydrogens is 524 g/mol. The number of amides is 3. The molecule has 4 rings (SSSR count). The van der Waals surface area contributed by atoms with Crippen LogP contribution in [0.2, 0.25) is 0 Å². The molecule has 1 aliphatic rings. The molecule has 0 spiro atoms. The SMILES string of the molecule is CC(=O)Nc1ccc(F)c(C(=O)N2CC(=O)N(OCc3ccccc3)C2c2cccc(Br)c2)c1F. The van der Waals surface area contributed by atoms with E-state index < -0.39 is 47.6 Å². The molecule has 0 aliphatic carbocycles. The molecule has 180 valence electrons. The topological polar surface area (TPSA) is 79.0 Å². The van der Waals surface area contributed by atoms with Gasteiger partial charge in [-0.1, -0.05) is 58.4 Å². The van der Waals surface area contributed by atoms with Crippen molar-refractivity contribution in [1.82, 2.24) is 9.96 Å². The van der Waals surface area contributed by atoms with Gasteiger partial charge in [-0.05, 0) is 35.4 Å². The van der Waals surface area contributed by atoms with Gasteiger partial charge < -0.3 is 10.2 Å². The predicted molar refractivity (Wildman–Crippen MR) is 127 cm³/mol.